The summed E-state index contributed by atoms with van der Waals surface area (Å²) >= 11 is 0. The number of likely N-dealkylation sites (tertiary alicyclic amines) is 1. The Morgan fingerprint density at radius 2 is 1.75 bits per heavy atom. The van der Waals surface area contributed by atoms with Crippen molar-refractivity contribution in [3.8, 4) is 0 Å². The van der Waals surface area contributed by atoms with Crippen LogP contribution in [-0.4, -0.2) is 40.8 Å². The van der Waals surface area contributed by atoms with Gasteiger partial charge in [-0.25, -0.2) is 0 Å². The summed E-state index contributed by atoms with van der Waals surface area (Å²) in [6, 6.07) is 5.49. The molecule has 0 spiro atoms. The van der Waals surface area contributed by atoms with Gasteiger partial charge >= 0.3 is 0 Å². The van der Waals surface area contributed by atoms with Crippen LogP contribution in [0.2, 0.25) is 0 Å². The largest absolute Gasteiger partial charge is 0.348 e. The molecule has 1 N–H and O–H groups in total. The Balaban J connectivity index is 1.26. The Morgan fingerprint density at radius 1 is 1.04 bits per heavy atom. The normalized spacial score (nSPS) is 29.7. The minimum Gasteiger partial charge on any atom is -0.348 e. The number of carbonyl (C=O) groups excluding carboxylic acids is 2. The van der Waals surface area contributed by atoms with Crippen LogP contribution in [0.4, 0.5) is 0 Å². The highest BCUT2D eigenvalue weighted by atomic mass is 16.2. The highest BCUT2D eigenvalue weighted by molar-refractivity contribution is 5.92. The lowest BCUT2D eigenvalue weighted by molar-refractivity contribution is -0.134. The van der Waals surface area contributed by atoms with Gasteiger partial charge in [0.1, 0.15) is 5.69 Å². The number of piperidine rings is 1. The fourth-order valence-electron chi connectivity index (χ4n) is 4.57. The van der Waals surface area contributed by atoms with Crippen LogP contribution >= 0.6 is 0 Å². The van der Waals surface area contributed by atoms with Crippen molar-refractivity contribution in [1.29, 1.82) is 0 Å². The van der Waals surface area contributed by atoms with Crippen LogP contribution in [0.1, 0.15) is 49.0 Å². The van der Waals surface area contributed by atoms with Gasteiger partial charge in [-0.2, -0.15) is 0 Å². The summed E-state index contributed by atoms with van der Waals surface area (Å²) in [7, 11) is 0. The maximum absolute atomic E-state index is 12.7. The smallest absolute Gasteiger partial charge is 0.270 e. The SMILES string of the molecule is O=C(NC1CCN(C(=O)C2[C@@H]3CCCC[C@@H]23)CC1)c1ccccn1. The van der Waals surface area contributed by atoms with Crippen LogP contribution in [0.5, 0.6) is 0 Å². The molecule has 4 rings (SSSR count). The Bertz CT molecular complexity index is 598. The number of fused-ring (bicyclic) bond motifs is 1. The molecule has 5 heteroatoms. The van der Waals surface area contributed by atoms with Gasteiger partial charge in [0.05, 0.1) is 0 Å². The first-order valence-corrected chi connectivity index (χ1v) is 9.25. The predicted molar refractivity (Wildman–Crippen MR) is 90.2 cm³/mol. The number of rotatable bonds is 3. The maximum atomic E-state index is 12.7. The number of carbonyl (C=O) groups is 2. The van der Waals surface area contributed by atoms with E-state index in [-0.39, 0.29) is 11.9 Å². The fourth-order valence-corrected chi connectivity index (χ4v) is 4.57. The van der Waals surface area contributed by atoms with Crippen LogP contribution in [-0.2, 0) is 4.79 Å². The molecular weight excluding hydrogens is 302 g/mol. The van der Waals surface area contributed by atoms with Gasteiger partial charge in [0.25, 0.3) is 5.91 Å². The van der Waals surface area contributed by atoms with Crippen molar-refractivity contribution in [2.45, 2.75) is 44.6 Å². The second-order valence-corrected chi connectivity index (χ2v) is 7.43. The summed E-state index contributed by atoms with van der Waals surface area (Å²) in [5.74, 6) is 1.92. The lowest BCUT2D eigenvalue weighted by Gasteiger charge is -2.32. The van der Waals surface area contributed by atoms with E-state index in [1.54, 1.807) is 18.3 Å². The van der Waals surface area contributed by atoms with E-state index in [1.165, 1.54) is 25.7 Å². The Labute approximate surface area is 142 Å². The van der Waals surface area contributed by atoms with Crippen molar-refractivity contribution in [2.75, 3.05) is 13.1 Å². The lowest BCUT2D eigenvalue weighted by atomic mass is 10.0. The first kappa shape index (κ1) is 15.6. The number of aromatic nitrogens is 1. The molecule has 1 aromatic rings. The van der Waals surface area contributed by atoms with Crippen LogP contribution in [0.3, 0.4) is 0 Å². The molecule has 1 aliphatic heterocycles. The maximum Gasteiger partial charge on any atom is 0.270 e. The second-order valence-electron chi connectivity index (χ2n) is 7.43. The minimum atomic E-state index is -0.117. The minimum absolute atomic E-state index is 0.117. The molecule has 2 heterocycles. The monoisotopic (exact) mass is 327 g/mol. The summed E-state index contributed by atoms with van der Waals surface area (Å²) in [5.41, 5.74) is 0.457. The third-order valence-electron chi connectivity index (χ3n) is 5.98. The second kappa shape index (κ2) is 6.54. The number of nitrogens with zero attached hydrogens (tertiary/aromatic N) is 2. The molecule has 128 valence electrons. The molecule has 0 bridgehead atoms. The molecule has 2 saturated carbocycles. The number of pyridine rings is 1. The molecule has 1 aromatic heterocycles. The van der Waals surface area contributed by atoms with Crippen LogP contribution < -0.4 is 5.32 Å². The van der Waals surface area contributed by atoms with Crippen molar-refractivity contribution in [3.05, 3.63) is 30.1 Å². The van der Waals surface area contributed by atoms with Gasteiger partial charge in [-0.1, -0.05) is 18.9 Å². The zero-order valence-corrected chi connectivity index (χ0v) is 14.0. The zero-order chi connectivity index (χ0) is 16.5. The summed E-state index contributed by atoms with van der Waals surface area (Å²) in [5, 5.41) is 3.05. The van der Waals surface area contributed by atoms with E-state index in [4.69, 9.17) is 0 Å². The van der Waals surface area contributed by atoms with Crippen LogP contribution in [0.25, 0.3) is 0 Å². The molecule has 24 heavy (non-hydrogen) atoms. The van der Waals surface area contributed by atoms with E-state index in [0.717, 1.165) is 25.9 Å². The molecule has 5 nitrogen and oxygen atoms in total. The van der Waals surface area contributed by atoms with Gasteiger partial charge in [0, 0.05) is 31.2 Å². The first-order valence-electron chi connectivity index (χ1n) is 9.25. The fraction of sp³-hybridized carbons (Fsp3) is 0.632. The van der Waals surface area contributed by atoms with Gasteiger partial charge in [-0.15, -0.1) is 0 Å². The van der Waals surface area contributed by atoms with Gasteiger partial charge in [0.15, 0.2) is 0 Å². The van der Waals surface area contributed by atoms with Crippen molar-refractivity contribution < 1.29 is 9.59 Å². The zero-order valence-electron chi connectivity index (χ0n) is 14.0. The van der Waals surface area contributed by atoms with Crippen molar-refractivity contribution in [3.63, 3.8) is 0 Å². The van der Waals surface area contributed by atoms with Gasteiger partial charge in [-0.05, 0) is 49.7 Å². The molecule has 0 aromatic carbocycles. The highest BCUT2D eigenvalue weighted by Crippen LogP contribution is 2.56. The molecule has 1 saturated heterocycles. The van der Waals surface area contributed by atoms with Crippen LogP contribution in [0, 0.1) is 17.8 Å². The van der Waals surface area contributed by atoms with Crippen molar-refractivity contribution in [2.24, 2.45) is 17.8 Å². The number of nitrogens with one attached hydrogen (secondary N) is 1. The molecule has 0 radical (unpaired) electrons. The third kappa shape index (κ3) is 3.04. The standard InChI is InChI=1S/C19H25N3O2/c23-18(16-7-3-4-10-20-16)21-13-8-11-22(12-9-13)19(24)17-14-5-1-2-6-15(14)17/h3-4,7,10,13-15,17H,1-2,5-6,8-9,11-12H2,(H,21,23)/t14-,15-/m1/s1. The van der Waals surface area contributed by atoms with Crippen molar-refractivity contribution >= 4 is 11.8 Å². The molecular formula is C19H25N3O2. The number of hydrogen-bond acceptors (Lipinski definition) is 3. The quantitative estimate of drug-likeness (QED) is 0.926. The van der Waals surface area contributed by atoms with E-state index >= 15 is 0 Å². The summed E-state index contributed by atoms with van der Waals surface area (Å²) in [6.45, 7) is 1.53. The van der Waals surface area contributed by atoms with E-state index in [1.807, 2.05) is 11.0 Å². The summed E-state index contributed by atoms with van der Waals surface area (Å²) in [6.07, 6.45) is 8.40. The average Bonchev–Trinajstić information content (AvgIpc) is 3.37. The van der Waals surface area contributed by atoms with Gasteiger partial charge in [-0.3, -0.25) is 14.6 Å². The van der Waals surface area contributed by atoms with Gasteiger partial charge in [0.2, 0.25) is 5.91 Å². The van der Waals surface area contributed by atoms with E-state index in [9.17, 15) is 9.59 Å². The van der Waals surface area contributed by atoms with Crippen LogP contribution in [0.15, 0.2) is 24.4 Å². The molecule has 2 atom stereocenters. The average molecular weight is 327 g/mol. The first-order chi connectivity index (χ1) is 11.7. The topological polar surface area (TPSA) is 62.3 Å². The molecule has 0 unspecified atom stereocenters. The van der Waals surface area contributed by atoms with Crippen molar-refractivity contribution in [1.82, 2.24) is 15.2 Å². The Kier molecular flexibility index (Phi) is 4.25. The van der Waals surface area contributed by atoms with E-state index in [0.29, 0.717) is 29.4 Å². The van der Waals surface area contributed by atoms with E-state index < -0.39 is 0 Å². The lowest BCUT2D eigenvalue weighted by Crippen LogP contribution is -2.47. The van der Waals surface area contributed by atoms with E-state index in [2.05, 4.69) is 10.3 Å². The molecule has 3 fully saturated rings. The number of amides is 2. The summed E-state index contributed by atoms with van der Waals surface area (Å²) in [4.78, 5) is 31.0. The predicted octanol–water partition coefficient (Wildman–Crippen LogP) is 2.24. The third-order valence-corrected chi connectivity index (χ3v) is 5.98. The Morgan fingerprint density at radius 3 is 2.38 bits per heavy atom. The summed E-state index contributed by atoms with van der Waals surface area (Å²) < 4.78 is 0. The number of hydrogen-bond donors (Lipinski definition) is 1. The molecule has 2 amide bonds. The molecule has 3 aliphatic rings. The highest BCUT2D eigenvalue weighted by Gasteiger charge is 2.55. The molecule has 2 aliphatic carbocycles. The Hall–Kier alpha value is -1.91. The van der Waals surface area contributed by atoms with Gasteiger partial charge < -0.3 is 10.2 Å².